The number of aldehydes is 1. The molecule has 0 amide bonds. The fourth-order valence-electron chi connectivity index (χ4n) is 2.24. The largest absolute Gasteiger partial charge is 0.669 e. The zero-order valence-electron chi connectivity index (χ0n) is 9.09. The second-order valence-electron chi connectivity index (χ2n) is 4.20. The molecule has 0 aromatic heterocycles. The van der Waals surface area contributed by atoms with Gasteiger partial charge in [0.1, 0.15) is 0 Å². The molecule has 86 valence electrons. The maximum Gasteiger partial charge on any atom is 0.431 e. The van der Waals surface area contributed by atoms with Crippen LogP contribution in [-0.4, -0.2) is 23.1 Å². The van der Waals surface area contributed by atoms with E-state index in [1.54, 1.807) is 12.1 Å². The van der Waals surface area contributed by atoms with Gasteiger partial charge in [-0.05, 0) is 17.5 Å². The van der Waals surface area contributed by atoms with Crippen molar-refractivity contribution >= 4 is 13.0 Å². The Balaban J connectivity index is 2.53. The van der Waals surface area contributed by atoms with Crippen molar-refractivity contribution < 1.29 is 19.5 Å². The van der Waals surface area contributed by atoms with Gasteiger partial charge in [-0.25, -0.2) is 0 Å². The van der Waals surface area contributed by atoms with E-state index in [0.29, 0.717) is 17.6 Å². The first-order valence-corrected chi connectivity index (χ1v) is 5.45. The van der Waals surface area contributed by atoms with Gasteiger partial charge in [-0.1, -0.05) is 31.8 Å². The molecule has 0 bridgehead atoms. The predicted molar refractivity (Wildman–Crippen MR) is 60.5 cm³/mol. The lowest BCUT2D eigenvalue weighted by Crippen LogP contribution is -2.46. The Bertz CT molecular complexity index is 416. The molecule has 1 aliphatic heterocycles. The molecule has 1 aliphatic rings. The van der Waals surface area contributed by atoms with Crippen LogP contribution in [0, 0.1) is 0 Å². The Morgan fingerprint density at radius 1 is 1.56 bits per heavy atom. The number of carbonyl (C=O) groups excluding carboxylic acids is 1. The van der Waals surface area contributed by atoms with Crippen molar-refractivity contribution in [2.24, 2.45) is 0 Å². The van der Waals surface area contributed by atoms with Crippen molar-refractivity contribution in [1.82, 2.24) is 0 Å². The van der Waals surface area contributed by atoms with E-state index < -0.39 is 6.75 Å². The molecule has 1 heterocycles. The average Bonchev–Trinajstić information content (AvgIpc) is 2.26. The fraction of sp³-hybridized carbons (Fsp3) is 0.364. The summed E-state index contributed by atoms with van der Waals surface area (Å²) in [5.41, 5.74) is 1.25. The van der Waals surface area contributed by atoms with Crippen LogP contribution >= 0.6 is 0 Å². The zero-order valence-corrected chi connectivity index (χ0v) is 9.09. The molecule has 0 fully saturated rings. The zero-order chi connectivity index (χ0) is 11.8. The summed E-state index contributed by atoms with van der Waals surface area (Å²) in [6.45, 7) is -0.858. The average molecular weight is 221 g/mol. The lowest BCUT2D eigenvalue weighted by atomic mass is 9.64. The van der Waals surface area contributed by atoms with E-state index in [1.807, 2.05) is 13.0 Å². The monoisotopic (exact) mass is 221 g/mol. The van der Waals surface area contributed by atoms with Crippen molar-refractivity contribution in [1.29, 1.82) is 0 Å². The van der Waals surface area contributed by atoms with E-state index in [-0.39, 0.29) is 12.2 Å². The Morgan fingerprint density at radius 2 is 2.31 bits per heavy atom. The minimum absolute atomic E-state index is 0.0265. The van der Waals surface area contributed by atoms with Crippen molar-refractivity contribution in [3.8, 4) is 5.75 Å². The second kappa shape index (κ2) is 3.92. The Morgan fingerprint density at radius 3 is 2.94 bits per heavy atom. The number of para-hydroxylation sites is 1. The van der Waals surface area contributed by atoms with E-state index in [2.05, 4.69) is 0 Å². The van der Waals surface area contributed by atoms with Crippen LogP contribution in [0.25, 0.3) is 0 Å². The number of carbonyl (C=O) groups is 1. The molecule has 0 saturated carbocycles. The first-order chi connectivity index (χ1) is 7.57. The third-order valence-electron chi connectivity index (χ3n) is 3.03. The molecule has 4 nitrogen and oxygen atoms in total. The van der Waals surface area contributed by atoms with Gasteiger partial charge >= 0.3 is 6.75 Å². The molecule has 1 unspecified atom stereocenters. The standard InChI is InChI=1S/C11H14BO4/c1-2-8-6-12(14,15)16-11-9(7-13)4-3-5-10(8)11/h3-5,7-8,14-15H,2,6H2,1H3/q-1. The van der Waals surface area contributed by atoms with E-state index in [9.17, 15) is 14.8 Å². The summed E-state index contributed by atoms with van der Waals surface area (Å²) in [6, 6.07) is 5.25. The maximum absolute atomic E-state index is 10.8. The van der Waals surface area contributed by atoms with Gasteiger partial charge in [0.15, 0.2) is 6.29 Å². The second-order valence-corrected chi connectivity index (χ2v) is 4.20. The summed E-state index contributed by atoms with van der Waals surface area (Å²) >= 11 is 0. The third-order valence-corrected chi connectivity index (χ3v) is 3.03. The molecule has 1 aromatic carbocycles. The molecule has 16 heavy (non-hydrogen) atoms. The minimum atomic E-state index is -2.83. The summed E-state index contributed by atoms with van der Waals surface area (Å²) in [7, 11) is 0. The van der Waals surface area contributed by atoms with Gasteiger partial charge in [-0.15, -0.1) is 0 Å². The van der Waals surface area contributed by atoms with Crippen LogP contribution in [0.4, 0.5) is 0 Å². The number of rotatable bonds is 2. The van der Waals surface area contributed by atoms with Gasteiger partial charge in [0.25, 0.3) is 0 Å². The van der Waals surface area contributed by atoms with Crippen molar-refractivity contribution in [3.05, 3.63) is 29.3 Å². The Labute approximate surface area is 93.9 Å². The summed E-state index contributed by atoms with van der Waals surface area (Å²) in [6.07, 6.45) is 1.64. The third kappa shape index (κ3) is 1.84. The first-order valence-electron chi connectivity index (χ1n) is 5.45. The van der Waals surface area contributed by atoms with Crippen LogP contribution in [-0.2, 0) is 0 Å². The van der Waals surface area contributed by atoms with Crippen LogP contribution in [0.2, 0.25) is 6.32 Å². The minimum Gasteiger partial charge on any atom is -0.669 e. The molecule has 1 aromatic rings. The number of hydrogen-bond donors (Lipinski definition) is 2. The fourth-order valence-corrected chi connectivity index (χ4v) is 2.24. The summed E-state index contributed by atoms with van der Waals surface area (Å²) in [5, 5.41) is 19.2. The van der Waals surface area contributed by atoms with Crippen LogP contribution in [0.15, 0.2) is 18.2 Å². The Kier molecular flexibility index (Phi) is 2.74. The lowest BCUT2D eigenvalue weighted by molar-refractivity contribution is 0.112. The van der Waals surface area contributed by atoms with Crippen LogP contribution in [0.3, 0.4) is 0 Å². The quantitative estimate of drug-likeness (QED) is 0.583. The van der Waals surface area contributed by atoms with Gasteiger partial charge in [0, 0.05) is 0 Å². The molecule has 0 saturated heterocycles. The molecule has 0 aliphatic carbocycles. The van der Waals surface area contributed by atoms with Crippen LogP contribution in [0.1, 0.15) is 35.2 Å². The highest BCUT2D eigenvalue weighted by atomic mass is 16.6. The Hall–Kier alpha value is -1.33. The van der Waals surface area contributed by atoms with Gasteiger partial charge in [0.05, 0.1) is 11.3 Å². The molecule has 5 heteroatoms. The summed E-state index contributed by atoms with van der Waals surface area (Å²) < 4.78 is 5.12. The lowest BCUT2D eigenvalue weighted by Gasteiger charge is -2.41. The van der Waals surface area contributed by atoms with Gasteiger partial charge in [-0.2, -0.15) is 0 Å². The molecular weight excluding hydrogens is 207 g/mol. The van der Waals surface area contributed by atoms with Gasteiger partial charge < -0.3 is 14.7 Å². The molecule has 1 atom stereocenters. The molecular formula is C11H14BO4-. The molecule has 2 N–H and O–H groups in total. The summed E-state index contributed by atoms with van der Waals surface area (Å²) in [5.74, 6) is 0.347. The van der Waals surface area contributed by atoms with Gasteiger partial charge in [-0.3, -0.25) is 4.79 Å². The highest BCUT2D eigenvalue weighted by Gasteiger charge is 2.34. The van der Waals surface area contributed by atoms with E-state index in [1.165, 1.54) is 0 Å². The summed E-state index contributed by atoms with van der Waals surface area (Å²) in [4.78, 5) is 10.8. The predicted octanol–water partition coefficient (Wildman–Crippen LogP) is 1.31. The van der Waals surface area contributed by atoms with Crippen LogP contribution < -0.4 is 4.65 Å². The molecule has 0 radical (unpaired) electrons. The highest BCUT2D eigenvalue weighted by Crippen LogP contribution is 2.41. The van der Waals surface area contributed by atoms with Crippen molar-refractivity contribution in [3.63, 3.8) is 0 Å². The van der Waals surface area contributed by atoms with Crippen molar-refractivity contribution in [2.75, 3.05) is 0 Å². The maximum atomic E-state index is 10.8. The highest BCUT2D eigenvalue weighted by molar-refractivity contribution is 6.59. The molecule has 0 spiro atoms. The van der Waals surface area contributed by atoms with Crippen LogP contribution in [0.5, 0.6) is 5.75 Å². The molecule has 2 rings (SSSR count). The normalized spacial score (nSPS) is 22.1. The van der Waals surface area contributed by atoms with Gasteiger partial charge in [0.2, 0.25) is 0 Å². The number of hydrogen-bond acceptors (Lipinski definition) is 4. The topological polar surface area (TPSA) is 66.8 Å². The number of benzene rings is 1. The smallest absolute Gasteiger partial charge is 0.431 e. The first kappa shape index (κ1) is 11.2. The van der Waals surface area contributed by atoms with E-state index >= 15 is 0 Å². The van der Waals surface area contributed by atoms with Crippen molar-refractivity contribution in [2.45, 2.75) is 25.6 Å². The van der Waals surface area contributed by atoms with E-state index in [0.717, 1.165) is 12.0 Å². The number of fused-ring (bicyclic) bond motifs is 1. The SMILES string of the molecule is CCC1C[B-](O)(O)Oc2c(C=O)cccc21. The van der Waals surface area contributed by atoms with E-state index in [4.69, 9.17) is 4.65 Å².